The summed E-state index contributed by atoms with van der Waals surface area (Å²) in [5.41, 5.74) is 1.08. The summed E-state index contributed by atoms with van der Waals surface area (Å²) in [6, 6.07) is 7.85. The normalized spacial score (nSPS) is 10.3. The number of hydrogen-bond donors (Lipinski definition) is 1. The van der Waals surface area contributed by atoms with Crippen LogP contribution in [-0.4, -0.2) is 24.1 Å². The van der Waals surface area contributed by atoms with E-state index in [0.29, 0.717) is 0 Å². The molecule has 18 heavy (non-hydrogen) atoms. The summed E-state index contributed by atoms with van der Waals surface area (Å²) in [5, 5.41) is 3.80. The van der Waals surface area contributed by atoms with E-state index in [1.165, 1.54) is 11.8 Å². The van der Waals surface area contributed by atoms with Gasteiger partial charge < -0.3 is 10.1 Å². The van der Waals surface area contributed by atoms with E-state index in [4.69, 9.17) is 4.74 Å². The molecule has 0 unspecified atom stereocenters. The highest BCUT2D eigenvalue weighted by Crippen LogP contribution is 2.27. The van der Waals surface area contributed by atoms with Crippen LogP contribution in [0.2, 0.25) is 0 Å². The van der Waals surface area contributed by atoms with Crippen molar-refractivity contribution in [2.75, 3.05) is 14.2 Å². The first kappa shape index (κ1) is 12.9. The Hall–Kier alpha value is -1.59. The third-order valence-electron chi connectivity index (χ3n) is 2.31. The van der Waals surface area contributed by atoms with Crippen LogP contribution in [0.5, 0.6) is 5.75 Å². The molecule has 0 fully saturated rings. The number of aromatic nitrogens is 2. The van der Waals surface area contributed by atoms with Crippen LogP contribution >= 0.6 is 11.8 Å². The van der Waals surface area contributed by atoms with Crippen molar-refractivity contribution < 1.29 is 4.74 Å². The minimum Gasteiger partial charge on any atom is -0.497 e. The van der Waals surface area contributed by atoms with Crippen LogP contribution in [0.1, 0.15) is 5.56 Å². The molecular weight excluding hydrogens is 246 g/mol. The zero-order valence-corrected chi connectivity index (χ0v) is 11.2. The molecule has 5 heteroatoms. The topological polar surface area (TPSA) is 47.0 Å². The van der Waals surface area contributed by atoms with Gasteiger partial charge in [0.2, 0.25) is 0 Å². The second-order valence-corrected chi connectivity index (χ2v) is 4.73. The molecule has 0 saturated carbocycles. The highest BCUT2D eigenvalue weighted by molar-refractivity contribution is 7.99. The number of hydrogen-bond acceptors (Lipinski definition) is 5. The SMILES string of the molecule is CNCc1cnc(Sc2cccc(OC)c2)nc1. The molecule has 0 aliphatic carbocycles. The molecule has 0 spiro atoms. The summed E-state index contributed by atoms with van der Waals surface area (Å²) >= 11 is 1.52. The van der Waals surface area contributed by atoms with Crippen molar-refractivity contribution >= 4 is 11.8 Å². The van der Waals surface area contributed by atoms with Crippen molar-refractivity contribution in [2.45, 2.75) is 16.6 Å². The molecule has 1 N–H and O–H groups in total. The van der Waals surface area contributed by atoms with Crippen molar-refractivity contribution in [1.29, 1.82) is 0 Å². The Morgan fingerprint density at radius 1 is 1.28 bits per heavy atom. The van der Waals surface area contributed by atoms with E-state index < -0.39 is 0 Å². The minimum atomic E-state index is 0.739. The molecular formula is C13H15N3OS. The van der Waals surface area contributed by atoms with Crippen molar-refractivity contribution in [3.8, 4) is 5.75 Å². The molecule has 0 saturated heterocycles. The summed E-state index contributed by atoms with van der Waals surface area (Å²) in [5.74, 6) is 0.840. The molecule has 0 atom stereocenters. The maximum absolute atomic E-state index is 5.18. The first-order valence-electron chi connectivity index (χ1n) is 5.59. The smallest absolute Gasteiger partial charge is 0.192 e. The Kier molecular flexibility index (Phi) is 4.55. The van der Waals surface area contributed by atoms with E-state index >= 15 is 0 Å². The van der Waals surface area contributed by atoms with Crippen molar-refractivity contribution in [1.82, 2.24) is 15.3 Å². The zero-order chi connectivity index (χ0) is 12.8. The molecule has 1 heterocycles. The third kappa shape index (κ3) is 3.45. The quantitative estimate of drug-likeness (QED) is 0.837. The van der Waals surface area contributed by atoms with Crippen LogP contribution in [0.3, 0.4) is 0 Å². The number of benzene rings is 1. The predicted molar refractivity (Wildman–Crippen MR) is 71.9 cm³/mol. The lowest BCUT2D eigenvalue weighted by Gasteiger charge is -2.04. The van der Waals surface area contributed by atoms with Gasteiger partial charge in [-0.15, -0.1) is 0 Å². The Balaban J connectivity index is 2.08. The van der Waals surface area contributed by atoms with Crippen LogP contribution in [0, 0.1) is 0 Å². The van der Waals surface area contributed by atoms with E-state index in [2.05, 4.69) is 15.3 Å². The number of nitrogens with zero attached hydrogens (tertiary/aromatic N) is 2. The van der Waals surface area contributed by atoms with E-state index in [1.54, 1.807) is 7.11 Å². The van der Waals surface area contributed by atoms with Crippen LogP contribution in [0.15, 0.2) is 46.7 Å². The summed E-state index contributed by atoms with van der Waals surface area (Å²) < 4.78 is 5.18. The standard InChI is InChI=1S/C13H15N3OS/c1-14-7-10-8-15-13(16-9-10)18-12-5-3-4-11(6-12)17-2/h3-6,8-9,14H,7H2,1-2H3. The number of methoxy groups -OCH3 is 1. The molecule has 1 aromatic carbocycles. The van der Waals surface area contributed by atoms with Crippen LogP contribution in [0.25, 0.3) is 0 Å². The Morgan fingerprint density at radius 2 is 2.06 bits per heavy atom. The first-order valence-corrected chi connectivity index (χ1v) is 6.41. The summed E-state index contributed by atoms with van der Waals surface area (Å²) in [4.78, 5) is 9.70. The van der Waals surface area contributed by atoms with Gasteiger partial charge in [-0.3, -0.25) is 0 Å². The molecule has 4 nitrogen and oxygen atoms in total. The van der Waals surface area contributed by atoms with Gasteiger partial charge in [0.25, 0.3) is 0 Å². The summed E-state index contributed by atoms with van der Waals surface area (Å²) in [6.45, 7) is 0.782. The van der Waals surface area contributed by atoms with Gasteiger partial charge in [0.05, 0.1) is 7.11 Å². The molecule has 94 valence electrons. The fourth-order valence-corrected chi connectivity index (χ4v) is 2.20. The van der Waals surface area contributed by atoms with Gasteiger partial charge >= 0.3 is 0 Å². The molecule has 0 amide bonds. The van der Waals surface area contributed by atoms with E-state index in [0.717, 1.165) is 27.9 Å². The van der Waals surface area contributed by atoms with Crippen molar-refractivity contribution in [3.05, 3.63) is 42.2 Å². The van der Waals surface area contributed by atoms with Gasteiger partial charge in [-0.25, -0.2) is 9.97 Å². The molecule has 0 radical (unpaired) electrons. The molecule has 0 aliphatic heterocycles. The molecule has 1 aromatic heterocycles. The lowest BCUT2D eigenvalue weighted by Crippen LogP contribution is -2.05. The average molecular weight is 261 g/mol. The largest absolute Gasteiger partial charge is 0.497 e. The molecule has 2 rings (SSSR count). The van der Waals surface area contributed by atoms with Gasteiger partial charge in [-0.2, -0.15) is 0 Å². The first-order chi connectivity index (χ1) is 8.81. The Morgan fingerprint density at radius 3 is 2.72 bits per heavy atom. The number of rotatable bonds is 5. The molecule has 2 aromatic rings. The van der Waals surface area contributed by atoms with Crippen molar-refractivity contribution in [2.24, 2.45) is 0 Å². The predicted octanol–water partition coefficient (Wildman–Crippen LogP) is 2.36. The minimum absolute atomic E-state index is 0.739. The summed E-state index contributed by atoms with van der Waals surface area (Å²) in [7, 11) is 3.56. The summed E-state index contributed by atoms with van der Waals surface area (Å²) in [6.07, 6.45) is 3.68. The molecule has 0 aliphatic rings. The number of ether oxygens (including phenoxy) is 1. The highest BCUT2D eigenvalue weighted by atomic mass is 32.2. The van der Waals surface area contributed by atoms with Crippen LogP contribution in [0.4, 0.5) is 0 Å². The van der Waals surface area contributed by atoms with Crippen LogP contribution < -0.4 is 10.1 Å². The lowest BCUT2D eigenvalue weighted by atomic mass is 10.3. The van der Waals surface area contributed by atoms with Crippen LogP contribution in [-0.2, 0) is 6.54 Å². The van der Waals surface area contributed by atoms with Gasteiger partial charge in [-0.1, -0.05) is 6.07 Å². The van der Waals surface area contributed by atoms with Crippen molar-refractivity contribution in [3.63, 3.8) is 0 Å². The highest BCUT2D eigenvalue weighted by Gasteiger charge is 2.02. The fraction of sp³-hybridized carbons (Fsp3) is 0.231. The second kappa shape index (κ2) is 6.37. The van der Waals surface area contributed by atoms with E-state index in [9.17, 15) is 0 Å². The van der Waals surface area contributed by atoms with E-state index in [-0.39, 0.29) is 0 Å². The lowest BCUT2D eigenvalue weighted by molar-refractivity contribution is 0.413. The number of nitrogens with one attached hydrogen (secondary N) is 1. The van der Waals surface area contributed by atoms with Gasteiger partial charge in [0, 0.05) is 29.4 Å². The van der Waals surface area contributed by atoms with Gasteiger partial charge in [0.15, 0.2) is 5.16 Å². The monoisotopic (exact) mass is 261 g/mol. The van der Waals surface area contributed by atoms with Gasteiger partial charge in [0.1, 0.15) is 5.75 Å². The van der Waals surface area contributed by atoms with Gasteiger partial charge in [-0.05, 0) is 37.0 Å². The zero-order valence-electron chi connectivity index (χ0n) is 10.4. The fourth-order valence-electron chi connectivity index (χ4n) is 1.46. The third-order valence-corrected chi connectivity index (χ3v) is 3.20. The maximum atomic E-state index is 5.18. The molecule has 0 bridgehead atoms. The average Bonchev–Trinajstić information content (AvgIpc) is 2.42. The van der Waals surface area contributed by atoms with E-state index in [1.807, 2.05) is 43.7 Å². The maximum Gasteiger partial charge on any atom is 0.192 e. The Labute approximate surface area is 111 Å². The second-order valence-electron chi connectivity index (χ2n) is 3.69. The Bertz CT molecular complexity index is 502.